The second-order valence-corrected chi connectivity index (χ2v) is 5.59. The van der Waals surface area contributed by atoms with E-state index in [-0.39, 0.29) is 0 Å². The molecule has 1 aliphatic rings. The van der Waals surface area contributed by atoms with Gasteiger partial charge < -0.3 is 16.0 Å². The molecule has 2 aromatic rings. The molecule has 0 saturated carbocycles. The molecular formula is C16H21N5. The summed E-state index contributed by atoms with van der Waals surface area (Å²) in [7, 11) is 2.16. The number of piperidine rings is 1. The van der Waals surface area contributed by atoms with Crippen molar-refractivity contribution in [1.82, 2.24) is 14.9 Å². The van der Waals surface area contributed by atoms with Gasteiger partial charge in [0.2, 0.25) is 0 Å². The molecule has 1 aromatic heterocycles. The Balaban J connectivity index is 1.78. The fraction of sp³-hybridized carbons (Fsp3) is 0.375. The Morgan fingerprint density at radius 3 is 2.57 bits per heavy atom. The third kappa shape index (κ3) is 3.49. The van der Waals surface area contributed by atoms with Crippen molar-refractivity contribution >= 4 is 11.6 Å². The first-order valence-corrected chi connectivity index (χ1v) is 7.36. The second-order valence-electron chi connectivity index (χ2n) is 5.59. The Morgan fingerprint density at radius 1 is 1.14 bits per heavy atom. The number of nitrogen functional groups attached to an aromatic ring is 1. The van der Waals surface area contributed by atoms with Crippen LogP contribution in [0.4, 0.5) is 11.6 Å². The summed E-state index contributed by atoms with van der Waals surface area (Å²) < 4.78 is 0. The highest BCUT2D eigenvalue weighted by molar-refractivity contribution is 5.60. The normalized spacial score (nSPS) is 16.8. The topological polar surface area (TPSA) is 67.1 Å². The van der Waals surface area contributed by atoms with Crippen LogP contribution in [-0.4, -0.2) is 41.0 Å². The lowest BCUT2D eigenvalue weighted by atomic mass is 10.1. The number of benzene rings is 1. The molecule has 0 atom stereocenters. The number of anilines is 2. The highest BCUT2D eigenvalue weighted by Gasteiger charge is 2.17. The minimum Gasteiger partial charge on any atom is -0.384 e. The second kappa shape index (κ2) is 6.10. The van der Waals surface area contributed by atoms with E-state index in [1.165, 1.54) is 0 Å². The molecule has 1 saturated heterocycles. The van der Waals surface area contributed by atoms with E-state index in [9.17, 15) is 0 Å². The number of nitrogens with one attached hydrogen (secondary N) is 1. The van der Waals surface area contributed by atoms with Gasteiger partial charge in [-0.25, -0.2) is 9.97 Å². The Labute approximate surface area is 125 Å². The van der Waals surface area contributed by atoms with Crippen LogP contribution >= 0.6 is 0 Å². The zero-order valence-electron chi connectivity index (χ0n) is 12.3. The molecule has 5 heteroatoms. The van der Waals surface area contributed by atoms with Gasteiger partial charge in [0.25, 0.3) is 0 Å². The molecule has 0 amide bonds. The molecule has 1 aromatic carbocycles. The van der Waals surface area contributed by atoms with Crippen LogP contribution in [0.1, 0.15) is 12.8 Å². The molecule has 2 heterocycles. The Bertz CT molecular complexity index is 591. The first-order valence-electron chi connectivity index (χ1n) is 7.36. The standard InChI is InChI=1S/C16H21N5/c1-21-9-7-13(8-10-21)18-15-11-14(17)19-16(20-15)12-5-3-2-4-6-12/h2-6,11,13H,7-10H2,1H3,(H3,17,18,19,20). The maximum absolute atomic E-state index is 5.92. The largest absolute Gasteiger partial charge is 0.384 e. The van der Waals surface area contributed by atoms with Crippen LogP contribution in [0.5, 0.6) is 0 Å². The van der Waals surface area contributed by atoms with Crippen molar-refractivity contribution in [3.63, 3.8) is 0 Å². The van der Waals surface area contributed by atoms with E-state index in [2.05, 4.69) is 27.2 Å². The van der Waals surface area contributed by atoms with E-state index in [1.54, 1.807) is 0 Å². The summed E-state index contributed by atoms with van der Waals surface area (Å²) in [4.78, 5) is 11.3. The summed E-state index contributed by atoms with van der Waals surface area (Å²) in [6.07, 6.45) is 2.25. The Kier molecular flexibility index (Phi) is 4.01. The molecule has 5 nitrogen and oxygen atoms in total. The third-order valence-electron chi connectivity index (χ3n) is 3.85. The van der Waals surface area contributed by atoms with Gasteiger partial charge in [0, 0.05) is 17.7 Å². The predicted octanol–water partition coefficient (Wildman–Crippen LogP) is 2.23. The lowest BCUT2D eigenvalue weighted by molar-refractivity contribution is 0.263. The van der Waals surface area contributed by atoms with Crippen LogP contribution in [0.25, 0.3) is 11.4 Å². The van der Waals surface area contributed by atoms with Gasteiger partial charge in [-0.05, 0) is 33.0 Å². The van der Waals surface area contributed by atoms with Crippen molar-refractivity contribution in [2.24, 2.45) is 0 Å². The summed E-state index contributed by atoms with van der Waals surface area (Å²) >= 11 is 0. The van der Waals surface area contributed by atoms with Crippen molar-refractivity contribution in [1.29, 1.82) is 0 Å². The summed E-state index contributed by atoms with van der Waals surface area (Å²) in [6.45, 7) is 2.23. The van der Waals surface area contributed by atoms with Gasteiger partial charge in [0.1, 0.15) is 11.6 Å². The van der Waals surface area contributed by atoms with Gasteiger partial charge in [-0.15, -0.1) is 0 Å². The number of nitrogens with two attached hydrogens (primary N) is 1. The van der Waals surface area contributed by atoms with Gasteiger partial charge in [-0.2, -0.15) is 0 Å². The average Bonchev–Trinajstić information content (AvgIpc) is 2.50. The summed E-state index contributed by atoms with van der Waals surface area (Å²) in [5, 5.41) is 3.49. The first-order chi connectivity index (χ1) is 10.2. The molecule has 0 radical (unpaired) electrons. The molecule has 0 aliphatic carbocycles. The zero-order valence-corrected chi connectivity index (χ0v) is 12.3. The maximum Gasteiger partial charge on any atom is 0.163 e. The highest BCUT2D eigenvalue weighted by Crippen LogP contribution is 2.20. The van der Waals surface area contributed by atoms with Crippen molar-refractivity contribution in [2.45, 2.75) is 18.9 Å². The minimum atomic E-state index is 0.458. The quantitative estimate of drug-likeness (QED) is 0.904. The fourth-order valence-corrected chi connectivity index (χ4v) is 2.62. The summed E-state index contributed by atoms with van der Waals surface area (Å²) in [5.41, 5.74) is 6.91. The molecule has 3 N–H and O–H groups in total. The van der Waals surface area contributed by atoms with Crippen LogP contribution in [-0.2, 0) is 0 Å². The van der Waals surface area contributed by atoms with E-state index >= 15 is 0 Å². The molecule has 0 bridgehead atoms. The molecule has 21 heavy (non-hydrogen) atoms. The minimum absolute atomic E-state index is 0.458. The summed E-state index contributed by atoms with van der Waals surface area (Å²) in [6, 6.07) is 12.2. The van der Waals surface area contributed by atoms with Crippen LogP contribution in [0.15, 0.2) is 36.4 Å². The molecule has 0 spiro atoms. The van der Waals surface area contributed by atoms with E-state index in [0.717, 1.165) is 37.3 Å². The first kappa shape index (κ1) is 13.8. The Morgan fingerprint density at radius 2 is 1.86 bits per heavy atom. The van der Waals surface area contributed by atoms with E-state index in [1.807, 2.05) is 36.4 Å². The predicted molar refractivity (Wildman–Crippen MR) is 86.0 cm³/mol. The lowest BCUT2D eigenvalue weighted by Gasteiger charge is -2.29. The lowest BCUT2D eigenvalue weighted by Crippen LogP contribution is -2.36. The number of likely N-dealkylation sites (tertiary alicyclic amines) is 1. The van der Waals surface area contributed by atoms with Crippen molar-refractivity contribution in [3.8, 4) is 11.4 Å². The molecule has 110 valence electrons. The fourth-order valence-electron chi connectivity index (χ4n) is 2.62. The van der Waals surface area contributed by atoms with Crippen molar-refractivity contribution < 1.29 is 0 Å². The molecule has 1 aliphatic heterocycles. The van der Waals surface area contributed by atoms with Gasteiger partial charge >= 0.3 is 0 Å². The maximum atomic E-state index is 5.92. The van der Waals surface area contributed by atoms with Crippen molar-refractivity contribution in [2.75, 3.05) is 31.2 Å². The molecule has 3 rings (SSSR count). The summed E-state index contributed by atoms with van der Waals surface area (Å²) in [5.74, 6) is 1.99. The van der Waals surface area contributed by atoms with Crippen LogP contribution in [0.2, 0.25) is 0 Å². The van der Waals surface area contributed by atoms with Crippen molar-refractivity contribution in [3.05, 3.63) is 36.4 Å². The number of hydrogen-bond donors (Lipinski definition) is 2. The Hall–Kier alpha value is -2.14. The molecule has 1 fully saturated rings. The van der Waals surface area contributed by atoms with Gasteiger partial charge in [-0.3, -0.25) is 0 Å². The molecular weight excluding hydrogens is 262 g/mol. The monoisotopic (exact) mass is 283 g/mol. The van der Waals surface area contributed by atoms with Crippen LogP contribution in [0, 0.1) is 0 Å². The molecule has 0 unspecified atom stereocenters. The van der Waals surface area contributed by atoms with Gasteiger partial charge in [0.05, 0.1) is 0 Å². The van der Waals surface area contributed by atoms with E-state index < -0.39 is 0 Å². The van der Waals surface area contributed by atoms with Crippen LogP contribution < -0.4 is 11.1 Å². The average molecular weight is 283 g/mol. The van der Waals surface area contributed by atoms with E-state index in [0.29, 0.717) is 17.7 Å². The SMILES string of the molecule is CN1CCC(Nc2cc(N)nc(-c3ccccc3)n2)CC1. The van der Waals surface area contributed by atoms with Crippen LogP contribution in [0.3, 0.4) is 0 Å². The number of rotatable bonds is 3. The smallest absolute Gasteiger partial charge is 0.163 e. The number of aromatic nitrogens is 2. The van der Waals surface area contributed by atoms with Gasteiger partial charge in [0.15, 0.2) is 5.82 Å². The number of nitrogens with zero attached hydrogens (tertiary/aromatic N) is 3. The number of hydrogen-bond acceptors (Lipinski definition) is 5. The highest BCUT2D eigenvalue weighted by atomic mass is 15.1. The van der Waals surface area contributed by atoms with Gasteiger partial charge in [-0.1, -0.05) is 30.3 Å². The third-order valence-corrected chi connectivity index (χ3v) is 3.85. The van der Waals surface area contributed by atoms with E-state index in [4.69, 9.17) is 5.73 Å². The zero-order chi connectivity index (χ0) is 14.7.